The van der Waals surface area contributed by atoms with Crippen molar-refractivity contribution in [3.63, 3.8) is 0 Å². The third kappa shape index (κ3) is 6.23. The summed E-state index contributed by atoms with van der Waals surface area (Å²) >= 11 is 0. The summed E-state index contributed by atoms with van der Waals surface area (Å²) in [4.78, 5) is 11.1. The molecule has 1 N–H and O–H groups in total. The van der Waals surface area contributed by atoms with E-state index in [0.29, 0.717) is 5.92 Å². The molecule has 0 aromatic heterocycles. The molecule has 0 fully saturated rings. The third-order valence-corrected chi connectivity index (χ3v) is 10.6. The van der Waals surface area contributed by atoms with Gasteiger partial charge in [-0.2, -0.15) is 4.58 Å². The van der Waals surface area contributed by atoms with Gasteiger partial charge in [0, 0.05) is 41.9 Å². The molecule has 0 saturated carbocycles. The summed E-state index contributed by atoms with van der Waals surface area (Å²) in [6.45, 7) is 12.7. The Hall–Kier alpha value is -4.50. The minimum absolute atomic E-state index is 0.0914. The van der Waals surface area contributed by atoms with E-state index in [9.17, 15) is 4.79 Å². The van der Waals surface area contributed by atoms with Crippen molar-refractivity contribution in [2.24, 2.45) is 0 Å². The van der Waals surface area contributed by atoms with Crippen molar-refractivity contribution in [2.45, 2.75) is 89.9 Å². The Bertz CT molecular complexity index is 2000. The molecule has 3 nitrogen and oxygen atoms in total. The Morgan fingerprint density at radius 1 is 0.750 bits per heavy atom. The van der Waals surface area contributed by atoms with Gasteiger partial charge in [-0.1, -0.05) is 136 Å². The van der Waals surface area contributed by atoms with Gasteiger partial charge in [0.05, 0.1) is 5.41 Å². The molecule has 4 aromatic rings. The SMILES string of the molecule is CCC[N+]1=C(/C=C/C=C/C=C/C=C2\C(CCCCCC(=O)O)c3ccc4ccccc4c3C2(C)C)C(C)(C)c2c1ccc1ccccc21. The number of carboxylic acids is 1. The van der Waals surface area contributed by atoms with Crippen molar-refractivity contribution in [3.05, 3.63) is 138 Å². The highest BCUT2D eigenvalue weighted by atomic mass is 16.4. The van der Waals surface area contributed by atoms with Crippen LogP contribution in [0.4, 0.5) is 5.69 Å². The summed E-state index contributed by atoms with van der Waals surface area (Å²) in [5.74, 6) is -0.369. The summed E-state index contributed by atoms with van der Waals surface area (Å²) in [5, 5.41) is 14.4. The predicted molar refractivity (Wildman–Crippen MR) is 203 cm³/mol. The highest BCUT2D eigenvalue weighted by molar-refractivity contribution is 6.07. The van der Waals surface area contributed by atoms with E-state index in [4.69, 9.17) is 5.11 Å². The van der Waals surface area contributed by atoms with Crippen molar-refractivity contribution in [3.8, 4) is 0 Å². The van der Waals surface area contributed by atoms with Crippen molar-refractivity contribution >= 4 is 38.9 Å². The van der Waals surface area contributed by atoms with Gasteiger partial charge in [0.25, 0.3) is 0 Å². The Kier molecular flexibility index (Phi) is 9.69. The normalized spacial score (nSPS) is 19.1. The van der Waals surface area contributed by atoms with Crippen molar-refractivity contribution in [2.75, 3.05) is 6.54 Å². The number of fused-ring (bicyclic) bond motifs is 6. The lowest BCUT2D eigenvalue weighted by Gasteiger charge is -2.25. The van der Waals surface area contributed by atoms with E-state index < -0.39 is 5.97 Å². The van der Waals surface area contributed by atoms with Gasteiger partial charge in [-0.15, -0.1) is 0 Å². The van der Waals surface area contributed by atoms with Crippen LogP contribution in [-0.2, 0) is 15.6 Å². The fourth-order valence-electron chi connectivity index (χ4n) is 8.46. The van der Waals surface area contributed by atoms with Gasteiger partial charge in [0.15, 0.2) is 5.71 Å². The van der Waals surface area contributed by atoms with E-state index in [2.05, 4.69) is 155 Å². The monoisotopic (exact) mass is 636 g/mol. The minimum Gasteiger partial charge on any atom is -0.481 e. The molecular weight excluding hydrogens is 587 g/mol. The quantitative estimate of drug-likeness (QED) is 0.0955. The lowest BCUT2D eigenvalue weighted by atomic mass is 9.78. The molecular formula is C45H50NO2+. The standard InChI is InChI=1S/C45H49NO2/c1-6-31-46-39-30-28-33-20-16-18-22-35(33)43(39)45(4,5)40(46)25-13-9-7-8-12-24-38-36(23-11-10-14-26-41(47)48)37-29-27-32-19-15-17-21-34(32)42(37)44(38,2)3/h7-9,12-13,15-22,24-25,27-30,36H,6,10-11,14,23,26,31H2,1-5H3/p+1/b9-7+,12-8+,25-13+,38-24+. The molecule has 4 aromatic carbocycles. The maximum atomic E-state index is 11.1. The summed E-state index contributed by atoms with van der Waals surface area (Å²) in [6.07, 6.45) is 20.5. The van der Waals surface area contributed by atoms with Crippen LogP contribution in [0.1, 0.15) is 95.8 Å². The van der Waals surface area contributed by atoms with Crippen LogP contribution < -0.4 is 0 Å². The largest absolute Gasteiger partial charge is 0.481 e. The summed E-state index contributed by atoms with van der Waals surface area (Å²) in [6, 6.07) is 26.7. The minimum atomic E-state index is -0.704. The number of nitrogens with zero attached hydrogens (tertiary/aromatic N) is 1. The molecule has 48 heavy (non-hydrogen) atoms. The molecule has 6 rings (SSSR count). The lowest BCUT2D eigenvalue weighted by Crippen LogP contribution is -2.28. The number of aliphatic carboxylic acids is 1. The van der Waals surface area contributed by atoms with Crippen LogP contribution in [0.2, 0.25) is 0 Å². The molecule has 1 aliphatic heterocycles. The molecule has 2 aliphatic rings. The Labute approximate surface area is 286 Å². The zero-order valence-corrected chi connectivity index (χ0v) is 29.3. The molecule has 3 heteroatoms. The van der Waals surface area contributed by atoms with E-state index in [1.54, 1.807) is 0 Å². The summed E-state index contributed by atoms with van der Waals surface area (Å²) in [5.41, 5.74) is 8.22. The molecule has 0 saturated heterocycles. The topological polar surface area (TPSA) is 40.3 Å². The molecule has 246 valence electrons. The van der Waals surface area contributed by atoms with Crippen molar-refractivity contribution in [1.82, 2.24) is 0 Å². The van der Waals surface area contributed by atoms with Crippen molar-refractivity contribution in [1.29, 1.82) is 0 Å². The van der Waals surface area contributed by atoms with Gasteiger partial charge in [-0.05, 0) is 65.4 Å². The smallest absolute Gasteiger partial charge is 0.303 e. The second-order valence-electron chi connectivity index (χ2n) is 14.5. The summed E-state index contributed by atoms with van der Waals surface area (Å²) in [7, 11) is 0. The van der Waals surface area contributed by atoms with Crippen molar-refractivity contribution < 1.29 is 14.5 Å². The van der Waals surface area contributed by atoms with Gasteiger partial charge >= 0.3 is 5.97 Å². The first-order chi connectivity index (χ1) is 23.2. The van der Waals surface area contributed by atoms with Crippen LogP contribution >= 0.6 is 0 Å². The van der Waals surface area contributed by atoms with Gasteiger partial charge in [-0.25, -0.2) is 0 Å². The summed E-state index contributed by atoms with van der Waals surface area (Å²) < 4.78 is 2.51. The van der Waals surface area contributed by atoms with E-state index in [1.807, 2.05) is 0 Å². The second-order valence-corrected chi connectivity index (χ2v) is 14.5. The first-order valence-corrected chi connectivity index (χ1v) is 17.8. The van der Waals surface area contributed by atoms with Gasteiger partial charge < -0.3 is 5.11 Å². The van der Waals surface area contributed by atoms with Crippen LogP contribution in [0.25, 0.3) is 21.5 Å². The first-order valence-electron chi connectivity index (χ1n) is 17.8. The Morgan fingerprint density at radius 3 is 2.10 bits per heavy atom. The van der Waals surface area contributed by atoms with E-state index in [0.717, 1.165) is 38.6 Å². The number of hydrogen-bond donors (Lipinski definition) is 1. The van der Waals surface area contributed by atoms with E-state index in [1.165, 1.54) is 55.2 Å². The lowest BCUT2D eigenvalue weighted by molar-refractivity contribution is -0.437. The van der Waals surface area contributed by atoms with Gasteiger partial charge in [-0.3, -0.25) is 4.79 Å². The maximum Gasteiger partial charge on any atom is 0.303 e. The number of carboxylic acid groups (broad SMARTS) is 1. The molecule has 0 amide bonds. The fraction of sp³-hybridized carbons (Fsp3) is 0.333. The number of carbonyl (C=O) groups is 1. The maximum absolute atomic E-state index is 11.1. The van der Waals surface area contributed by atoms with E-state index >= 15 is 0 Å². The molecule has 0 radical (unpaired) electrons. The average Bonchev–Trinajstić information content (AvgIpc) is 3.42. The van der Waals surface area contributed by atoms with Gasteiger partial charge in [0.2, 0.25) is 5.69 Å². The van der Waals surface area contributed by atoms with Crippen LogP contribution in [0.15, 0.2) is 121 Å². The number of unbranched alkanes of at least 4 members (excludes halogenated alkanes) is 2. The van der Waals surface area contributed by atoms with E-state index in [-0.39, 0.29) is 17.3 Å². The molecule has 1 aliphatic carbocycles. The number of hydrogen-bond acceptors (Lipinski definition) is 1. The van der Waals surface area contributed by atoms with Crippen LogP contribution in [0, 0.1) is 0 Å². The second kappa shape index (κ2) is 13.9. The average molecular weight is 637 g/mol. The number of rotatable bonds is 12. The highest BCUT2D eigenvalue weighted by Crippen LogP contribution is 2.54. The van der Waals surface area contributed by atoms with Crippen LogP contribution in [-0.4, -0.2) is 27.9 Å². The zero-order chi connectivity index (χ0) is 33.9. The molecule has 0 spiro atoms. The van der Waals surface area contributed by atoms with Crippen LogP contribution in [0.5, 0.6) is 0 Å². The fourth-order valence-corrected chi connectivity index (χ4v) is 8.46. The Balaban J connectivity index is 1.24. The Morgan fingerprint density at radius 2 is 1.40 bits per heavy atom. The van der Waals surface area contributed by atoms with Gasteiger partial charge in [0.1, 0.15) is 6.54 Å². The van der Waals surface area contributed by atoms with Crippen LogP contribution in [0.3, 0.4) is 0 Å². The third-order valence-electron chi connectivity index (χ3n) is 10.6. The predicted octanol–water partition coefficient (Wildman–Crippen LogP) is 11.5. The molecule has 0 bridgehead atoms. The zero-order valence-electron chi connectivity index (χ0n) is 29.3. The molecule has 1 unspecified atom stereocenters. The first kappa shape index (κ1) is 33.4. The molecule has 1 atom stereocenters. The number of allylic oxidation sites excluding steroid dienone is 8. The molecule has 1 heterocycles. The highest BCUT2D eigenvalue weighted by Gasteiger charge is 2.45. The number of benzene rings is 4.